The number of rotatable bonds is 8. The summed E-state index contributed by atoms with van der Waals surface area (Å²) in [4.78, 5) is 35.7. The number of halogens is 1. The Hall–Kier alpha value is -3.75. The van der Waals surface area contributed by atoms with Gasteiger partial charge in [-0.05, 0) is 30.2 Å². The molecule has 0 bridgehead atoms. The molecular weight excluding hydrogens is 461 g/mol. The quantitative estimate of drug-likeness (QED) is 0.502. The minimum Gasteiger partial charge on any atom is -0.490 e. The summed E-state index contributed by atoms with van der Waals surface area (Å²) in [5.41, 5.74) is 1.26. The molecule has 190 valence electrons. The number of carbonyl (C=O) groups excluding carboxylic acids is 1. The molecule has 1 fully saturated rings. The van der Waals surface area contributed by atoms with Crippen LogP contribution in [0.25, 0.3) is 5.69 Å². The van der Waals surface area contributed by atoms with E-state index in [1.807, 2.05) is 12.4 Å². The van der Waals surface area contributed by atoms with Crippen LogP contribution in [0, 0.1) is 11.7 Å². The van der Waals surface area contributed by atoms with Gasteiger partial charge in [-0.25, -0.2) is 14.4 Å². The molecule has 1 aliphatic heterocycles. The number of hydrogen-bond donors (Lipinski definition) is 1. The molecule has 1 aliphatic rings. The van der Waals surface area contributed by atoms with Crippen LogP contribution in [0.2, 0.25) is 0 Å². The highest BCUT2D eigenvalue weighted by atomic mass is 19.1. The molecule has 0 saturated carbocycles. The number of anilines is 2. The topological polar surface area (TPSA) is 89.4 Å². The van der Waals surface area contributed by atoms with Crippen molar-refractivity contribution in [3.8, 4) is 11.4 Å². The molecule has 0 radical (unpaired) electrons. The Morgan fingerprint density at radius 1 is 1.17 bits per heavy atom. The number of aryl methyl sites for hydroxylation is 1. The van der Waals surface area contributed by atoms with Crippen LogP contribution in [-0.2, 0) is 11.2 Å². The molecule has 1 aromatic carbocycles. The van der Waals surface area contributed by atoms with E-state index in [0.29, 0.717) is 11.4 Å². The Labute approximate surface area is 210 Å². The Morgan fingerprint density at radius 2 is 1.89 bits per heavy atom. The molecular formula is C27H32FN5O3. The van der Waals surface area contributed by atoms with Gasteiger partial charge in [0.05, 0.1) is 11.4 Å². The van der Waals surface area contributed by atoms with Gasteiger partial charge >= 0.3 is 0 Å². The van der Waals surface area contributed by atoms with Crippen molar-refractivity contribution in [1.82, 2.24) is 14.5 Å². The summed E-state index contributed by atoms with van der Waals surface area (Å²) >= 11 is 0. The van der Waals surface area contributed by atoms with Crippen molar-refractivity contribution in [2.24, 2.45) is 5.92 Å². The first-order chi connectivity index (χ1) is 17.3. The number of benzene rings is 1. The van der Waals surface area contributed by atoms with E-state index < -0.39 is 5.82 Å². The number of hydrogen-bond acceptors (Lipinski definition) is 6. The number of nitrogens with zero attached hydrogens (tertiary/aromatic N) is 4. The molecule has 1 N–H and O–H groups in total. The van der Waals surface area contributed by atoms with E-state index in [0.717, 1.165) is 50.3 Å². The van der Waals surface area contributed by atoms with Crippen molar-refractivity contribution >= 4 is 17.5 Å². The number of aromatic nitrogens is 3. The summed E-state index contributed by atoms with van der Waals surface area (Å²) in [7, 11) is 0. The molecule has 3 aromatic rings. The Morgan fingerprint density at radius 3 is 2.50 bits per heavy atom. The maximum Gasteiger partial charge on any atom is 0.258 e. The SMILES string of the molecule is CCCc1cnc(N2CCC(Oc3ccn(-c4ccc(NC(=O)C(C)C)c(F)c4)c(=O)c3)CC2)nc1. The second kappa shape index (κ2) is 11.3. The number of pyridine rings is 1. The summed E-state index contributed by atoms with van der Waals surface area (Å²) < 4.78 is 21.9. The van der Waals surface area contributed by atoms with E-state index in [2.05, 4.69) is 27.1 Å². The van der Waals surface area contributed by atoms with Gasteiger partial charge in [-0.3, -0.25) is 14.2 Å². The highest BCUT2D eigenvalue weighted by molar-refractivity contribution is 5.92. The monoisotopic (exact) mass is 493 g/mol. The predicted octanol–water partition coefficient (Wildman–Crippen LogP) is 4.36. The maximum atomic E-state index is 14.5. The van der Waals surface area contributed by atoms with E-state index >= 15 is 0 Å². The molecule has 2 aromatic heterocycles. The van der Waals surface area contributed by atoms with Gasteiger partial charge in [0, 0.05) is 62.6 Å². The lowest BCUT2D eigenvalue weighted by atomic mass is 10.1. The second-order valence-electron chi connectivity index (χ2n) is 9.32. The molecule has 0 spiro atoms. The van der Waals surface area contributed by atoms with Gasteiger partial charge in [0.1, 0.15) is 17.7 Å². The zero-order valence-electron chi connectivity index (χ0n) is 20.9. The summed E-state index contributed by atoms with van der Waals surface area (Å²) in [5, 5.41) is 2.55. The van der Waals surface area contributed by atoms with E-state index in [-0.39, 0.29) is 29.2 Å². The molecule has 0 unspecified atom stereocenters. The highest BCUT2D eigenvalue weighted by Gasteiger charge is 2.22. The molecule has 36 heavy (non-hydrogen) atoms. The van der Waals surface area contributed by atoms with Crippen LogP contribution in [-0.4, -0.2) is 39.6 Å². The first kappa shape index (κ1) is 25.3. The minimum atomic E-state index is -0.607. The Balaban J connectivity index is 1.36. The summed E-state index contributed by atoms with van der Waals surface area (Å²) in [6.07, 6.45) is 8.96. The first-order valence-corrected chi connectivity index (χ1v) is 12.4. The molecule has 8 nitrogen and oxygen atoms in total. The largest absolute Gasteiger partial charge is 0.490 e. The van der Waals surface area contributed by atoms with Crippen LogP contribution in [0.3, 0.4) is 0 Å². The van der Waals surface area contributed by atoms with Gasteiger partial charge in [0.2, 0.25) is 11.9 Å². The van der Waals surface area contributed by atoms with Crippen LogP contribution in [0.15, 0.2) is 53.7 Å². The van der Waals surface area contributed by atoms with Gasteiger partial charge in [0.25, 0.3) is 5.56 Å². The summed E-state index contributed by atoms with van der Waals surface area (Å²) in [6, 6.07) is 7.39. The molecule has 0 aliphatic carbocycles. The summed E-state index contributed by atoms with van der Waals surface area (Å²) in [5.74, 6) is 0.0685. The van der Waals surface area contributed by atoms with E-state index in [9.17, 15) is 14.0 Å². The molecule has 9 heteroatoms. The third kappa shape index (κ3) is 6.08. The molecule has 1 saturated heterocycles. The lowest BCUT2D eigenvalue weighted by Gasteiger charge is -2.32. The van der Waals surface area contributed by atoms with Crippen LogP contribution in [0.4, 0.5) is 16.0 Å². The van der Waals surface area contributed by atoms with Crippen molar-refractivity contribution < 1.29 is 13.9 Å². The third-order valence-electron chi connectivity index (χ3n) is 6.16. The zero-order valence-corrected chi connectivity index (χ0v) is 20.9. The standard InChI is InChI=1S/C27H32FN5O3/c1-4-5-19-16-29-27(30-17-19)32-11-8-21(9-12-32)36-22-10-13-33(25(34)15-22)20-6-7-24(23(28)14-20)31-26(35)18(2)3/h6-7,10,13-18,21H,4-5,8-9,11-12H2,1-3H3,(H,31,35). The predicted molar refractivity (Wildman–Crippen MR) is 137 cm³/mol. The van der Waals surface area contributed by atoms with Gasteiger partial charge in [-0.15, -0.1) is 0 Å². The average molecular weight is 494 g/mol. The normalized spacial score (nSPS) is 14.2. The lowest BCUT2D eigenvalue weighted by Crippen LogP contribution is -2.39. The van der Waals surface area contributed by atoms with Crippen molar-refractivity contribution in [3.63, 3.8) is 0 Å². The van der Waals surface area contributed by atoms with E-state index in [4.69, 9.17) is 4.74 Å². The fourth-order valence-corrected chi connectivity index (χ4v) is 4.07. The molecule has 3 heterocycles. The number of nitrogens with one attached hydrogen (secondary N) is 1. The van der Waals surface area contributed by atoms with E-state index in [1.165, 1.54) is 22.8 Å². The summed E-state index contributed by atoms with van der Waals surface area (Å²) in [6.45, 7) is 7.14. The second-order valence-corrected chi connectivity index (χ2v) is 9.32. The fourth-order valence-electron chi connectivity index (χ4n) is 4.07. The Kier molecular flexibility index (Phi) is 7.97. The number of carbonyl (C=O) groups is 1. The van der Waals surface area contributed by atoms with Crippen molar-refractivity contribution in [2.75, 3.05) is 23.3 Å². The third-order valence-corrected chi connectivity index (χ3v) is 6.16. The first-order valence-electron chi connectivity index (χ1n) is 12.4. The minimum absolute atomic E-state index is 0.0165. The van der Waals surface area contributed by atoms with Gasteiger partial charge in [-0.2, -0.15) is 0 Å². The number of ether oxygens (including phenoxy) is 1. The van der Waals surface area contributed by atoms with Crippen molar-refractivity contribution in [2.45, 2.75) is 52.6 Å². The average Bonchev–Trinajstić information content (AvgIpc) is 2.86. The molecule has 1 amide bonds. The number of piperidine rings is 1. The molecule has 0 atom stereocenters. The van der Waals surface area contributed by atoms with Gasteiger partial charge in [-0.1, -0.05) is 27.2 Å². The maximum absolute atomic E-state index is 14.5. The van der Waals surface area contributed by atoms with Crippen LogP contribution in [0.5, 0.6) is 5.75 Å². The lowest BCUT2D eigenvalue weighted by molar-refractivity contribution is -0.118. The van der Waals surface area contributed by atoms with Gasteiger partial charge < -0.3 is 15.0 Å². The van der Waals surface area contributed by atoms with Crippen molar-refractivity contribution in [3.05, 3.63) is 70.7 Å². The molecule has 4 rings (SSSR count). The Bertz CT molecular complexity index is 1250. The zero-order chi connectivity index (χ0) is 25.7. The van der Waals surface area contributed by atoms with Crippen LogP contribution in [0.1, 0.15) is 45.6 Å². The fraction of sp³-hybridized carbons (Fsp3) is 0.407. The van der Waals surface area contributed by atoms with Crippen molar-refractivity contribution in [1.29, 1.82) is 0 Å². The highest BCUT2D eigenvalue weighted by Crippen LogP contribution is 2.22. The smallest absolute Gasteiger partial charge is 0.258 e. The van der Waals surface area contributed by atoms with Crippen LogP contribution >= 0.6 is 0 Å². The van der Waals surface area contributed by atoms with E-state index in [1.54, 1.807) is 32.2 Å². The van der Waals surface area contributed by atoms with Gasteiger partial charge in [0.15, 0.2) is 0 Å². The van der Waals surface area contributed by atoms with Crippen LogP contribution < -0.4 is 20.5 Å². The number of amides is 1.